The third-order valence-electron chi connectivity index (χ3n) is 2.66. The van der Waals surface area contributed by atoms with Gasteiger partial charge in [0, 0.05) is 17.7 Å². The summed E-state index contributed by atoms with van der Waals surface area (Å²) in [6, 6.07) is 6.02. The minimum absolute atomic E-state index is 0.181. The molecule has 0 saturated heterocycles. The highest BCUT2D eigenvalue weighted by molar-refractivity contribution is 6.00. The highest BCUT2D eigenvalue weighted by atomic mass is 16.5. The van der Waals surface area contributed by atoms with E-state index >= 15 is 0 Å². The van der Waals surface area contributed by atoms with Crippen molar-refractivity contribution in [2.24, 2.45) is 5.73 Å². The number of benzene rings is 1. The lowest BCUT2D eigenvalue weighted by molar-refractivity contribution is -0.143. The summed E-state index contributed by atoms with van der Waals surface area (Å²) in [6.45, 7) is 5.50. The Labute approximate surface area is 123 Å². The Morgan fingerprint density at radius 3 is 2.57 bits per heavy atom. The highest BCUT2D eigenvalue weighted by Crippen LogP contribution is 2.09. The number of ether oxygens (including phenoxy) is 1. The van der Waals surface area contributed by atoms with Crippen molar-refractivity contribution in [1.29, 1.82) is 0 Å². The average molecular weight is 290 g/mol. The van der Waals surface area contributed by atoms with Crippen LogP contribution >= 0.6 is 0 Å². The number of amides is 2. The van der Waals surface area contributed by atoms with E-state index in [1.807, 2.05) is 0 Å². The number of hydrogen-bond acceptors (Lipinski definition) is 4. The minimum Gasteiger partial charge on any atom is -0.465 e. The molecule has 0 fully saturated rings. The molecule has 0 unspecified atom stereocenters. The predicted octanol–water partition coefficient (Wildman–Crippen LogP) is 0.977. The summed E-state index contributed by atoms with van der Waals surface area (Å²) in [5, 5.41) is 0. The van der Waals surface area contributed by atoms with Gasteiger partial charge >= 0.3 is 5.97 Å². The molecule has 21 heavy (non-hydrogen) atoms. The maximum atomic E-state index is 12.4. The maximum absolute atomic E-state index is 12.4. The van der Waals surface area contributed by atoms with Crippen molar-refractivity contribution < 1.29 is 19.1 Å². The van der Waals surface area contributed by atoms with Crippen molar-refractivity contribution >= 4 is 17.8 Å². The Kier molecular flexibility index (Phi) is 6.13. The second kappa shape index (κ2) is 7.84. The molecular weight excluding hydrogens is 272 g/mol. The molecule has 0 radical (unpaired) electrons. The summed E-state index contributed by atoms with van der Waals surface area (Å²) >= 11 is 0. The normalized spacial score (nSPS) is 9.76. The Hall–Kier alpha value is -2.63. The van der Waals surface area contributed by atoms with Crippen molar-refractivity contribution in [3.05, 3.63) is 48.0 Å². The van der Waals surface area contributed by atoms with Crippen molar-refractivity contribution in [1.82, 2.24) is 4.90 Å². The van der Waals surface area contributed by atoms with Crippen molar-refractivity contribution in [2.75, 3.05) is 19.7 Å². The van der Waals surface area contributed by atoms with Gasteiger partial charge in [0.25, 0.3) is 5.91 Å². The Morgan fingerprint density at radius 1 is 1.33 bits per heavy atom. The molecule has 1 aromatic rings. The van der Waals surface area contributed by atoms with Gasteiger partial charge in [0.05, 0.1) is 6.61 Å². The van der Waals surface area contributed by atoms with Gasteiger partial charge in [-0.2, -0.15) is 0 Å². The molecular formula is C15H18N2O4. The van der Waals surface area contributed by atoms with E-state index in [-0.39, 0.29) is 30.8 Å². The zero-order valence-electron chi connectivity index (χ0n) is 11.9. The zero-order chi connectivity index (χ0) is 15.8. The molecule has 0 aliphatic heterocycles. The van der Waals surface area contributed by atoms with E-state index in [0.29, 0.717) is 0 Å². The second-order valence-electron chi connectivity index (χ2n) is 4.22. The zero-order valence-corrected chi connectivity index (χ0v) is 11.9. The van der Waals surface area contributed by atoms with Gasteiger partial charge < -0.3 is 15.4 Å². The van der Waals surface area contributed by atoms with Crippen LogP contribution in [0.25, 0.3) is 0 Å². The number of esters is 1. The molecule has 6 nitrogen and oxygen atoms in total. The van der Waals surface area contributed by atoms with Gasteiger partial charge in [-0.25, -0.2) is 0 Å². The van der Waals surface area contributed by atoms with Gasteiger partial charge in [-0.1, -0.05) is 12.1 Å². The quantitative estimate of drug-likeness (QED) is 0.598. The topological polar surface area (TPSA) is 89.7 Å². The van der Waals surface area contributed by atoms with Crippen LogP contribution in [-0.2, 0) is 9.53 Å². The van der Waals surface area contributed by atoms with Crippen molar-refractivity contribution in [3.63, 3.8) is 0 Å². The molecule has 0 aromatic heterocycles. The van der Waals surface area contributed by atoms with Crippen LogP contribution in [0.15, 0.2) is 36.9 Å². The van der Waals surface area contributed by atoms with Gasteiger partial charge in [-0.05, 0) is 25.1 Å². The van der Waals surface area contributed by atoms with Crippen LogP contribution < -0.4 is 5.73 Å². The van der Waals surface area contributed by atoms with Crippen LogP contribution in [0.3, 0.4) is 0 Å². The first-order valence-electron chi connectivity index (χ1n) is 6.45. The van der Waals surface area contributed by atoms with E-state index < -0.39 is 17.8 Å². The SMILES string of the molecule is C=CCN(CC(=O)OCC)C(=O)c1cccc(C(N)=O)c1. The standard InChI is InChI=1S/C15H18N2O4/c1-3-8-17(10-13(18)21-4-2)15(20)12-7-5-6-11(9-12)14(16)19/h3,5-7,9H,1,4,8,10H2,2H3,(H2,16,19). The molecule has 0 heterocycles. The van der Waals surface area contributed by atoms with Crippen molar-refractivity contribution in [3.8, 4) is 0 Å². The Balaban J connectivity index is 2.94. The first-order valence-corrected chi connectivity index (χ1v) is 6.45. The van der Waals surface area contributed by atoms with Crippen LogP contribution in [0.4, 0.5) is 0 Å². The fourth-order valence-electron chi connectivity index (χ4n) is 1.73. The monoisotopic (exact) mass is 290 g/mol. The van der Waals surface area contributed by atoms with Gasteiger partial charge in [-0.3, -0.25) is 14.4 Å². The van der Waals surface area contributed by atoms with E-state index in [2.05, 4.69) is 6.58 Å². The largest absolute Gasteiger partial charge is 0.465 e. The number of carbonyl (C=O) groups excluding carboxylic acids is 3. The molecule has 0 bridgehead atoms. The number of hydrogen-bond donors (Lipinski definition) is 1. The summed E-state index contributed by atoms with van der Waals surface area (Å²) in [5.74, 6) is -1.52. The lowest BCUT2D eigenvalue weighted by atomic mass is 10.1. The molecule has 0 atom stereocenters. The van der Waals surface area contributed by atoms with Gasteiger partial charge in [0.15, 0.2) is 0 Å². The molecule has 0 spiro atoms. The predicted molar refractivity (Wildman–Crippen MR) is 77.7 cm³/mol. The van der Waals surface area contributed by atoms with Crippen LogP contribution in [0.5, 0.6) is 0 Å². The smallest absolute Gasteiger partial charge is 0.325 e. The third-order valence-corrected chi connectivity index (χ3v) is 2.66. The maximum Gasteiger partial charge on any atom is 0.325 e. The van der Waals surface area contributed by atoms with E-state index in [1.54, 1.807) is 19.1 Å². The molecule has 2 N–H and O–H groups in total. The number of primary amides is 1. The van der Waals surface area contributed by atoms with Gasteiger partial charge in [0.2, 0.25) is 5.91 Å². The number of carbonyl (C=O) groups is 3. The lowest BCUT2D eigenvalue weighted by Crippen LogP contribution is -2.36. The van der Waals surface area contributed by atoms with E-state index in [4.69, 9.17) is 10.5 Å². The third kappa shape index (κ3) is 4.76. The first kappa shape index (κ1) is 16.4. The van der Waals surface area contributed by atoms with Crippen LogP contribution in [-0.4, -0.2) is 42.4 Å². The lowest BCUT2D eigenvalue weighted by Gasteiger charge is -2.20. The van der Waals surface area contributed by atoms with Crippen molar-refractivity contribution in [2.45, 2.75) is 6.92 Å². The summed E-state index contributed by atoms with van der Waals surface area (Å²) < 4.78 is 4.83. The highest BCUT2D eigenvalue weighted by Gasteiger charge is 2.19. The Bertz CT molecular complexity index is 554. The number of nitrogens with two attached hydrogens (primary N) is 1. The molecule has 0 saturated carbocycles. The average Bonchev–Trinajstić information content (AvgIpc) is 2.46. The van der Waals surface area contributed by atoms with Crippen LogP contribution in [0.1, 0.15) is 27.6 Å². The van der Waals surface area contributed by atoms with E-state index in [9.17, 15) is 14.4 Å². The van der Waals surface area contributed by atoms with E-state index in [0.717, 1.165) is 0 Å². The number of nitrogens with zero attached hydrogens (tertiary/aromatic N) is 1. The van der Waals surface area contributed by atoms with E-state index in [1.165, 1.54) is 23.1 Å². The summed E-state index contributed by atoms with van der Waals surface area (Å²) in [5.41, 5.74) is 5.69. The minimum atomic E-state index is -0.620. The van der Waals surface area contributed by atoms with Gasteiger partial charge in [0.1, 0.15) is 6.54 Å². The molecule has 112 valence electrons. The second-order valence-corrected chi connectivity index (χ2v) is 4.22. The fraction of sp³-hybridized carbons (Fsp3) is 0.267. The summed E-state index contributed by atoms with van der Waals surface area (Å²) in [7, 11) is 0. The Morgan fingerprint density at radius 2 is 2.00 bits per heavy atom. The van der Waals surface area contributed by atoms with Crippen LogP contribution in [0, 0.1) is 0 Å². The molecule has 2 amide bonds. The molecule has 6 heteroatoms. The molecule has 1 aromatic carbocycles. The summed E-state index contributed by atoms with van der Waals surface area (Å²) in [4.78, 5) is 36.3. The summed E-state index contributed by atoms with van der Waals surface area (Å²) in [6.07, 6.45) is 1.51. The molecule has 0 aliphatic carbocycles. The molecule has 0 aliphatic rings. The number of rotatable bonds is 7. The van der Waals surface area contributed by atoms with Gasteiger partial charge in [-0.15, -0.1) is 6.58 Å². The first-order chi connectivity index (χ1) is 9.99. The molecule has 1 rings (SSSR count). The van der Waals surface area contributed by atoms with Crippen LogP contribution in [0.2, 0.25) is 0 Å². The fourth-order valence-corrected chi connectivity index (χ4v) is 1.73.